The first-order valence-electron chi connectivity index (χ1n) is 10.4. The third-order valence-corrected chi connectivity index (χ3v) is 5.10. The van der Waals surface area contributed by atoms with Gasteiger partial charge in [0.25, 0.3) is 0 Å². The van der Waals surface area contributed by atoms with Gasteiger partial charge >= 0.3 is 6.09 Å². The largest absolute Gasteiger partial charge is 0.412 e. The lowest BCUT2D eigenvalue weighted by atomic mass is 10.2. The minimum absolute atomic E-state index is 0.426. The topological polar surface area (TPSA) is 59.4 Å². The van der Waals surface area contributed by atoms with Crippen molar-refractivity contribution < 1.29 is 9.53 Å². The predicted octanol–water partition coefficient (Wildman–Crippen LogP) is 5.31. The lowest BCUT2D eigenvalue weighted by molar-refractivity contribution is 0.200. The van der Waals surface area contributed by atoms with Crippen LogP contribution >= 0.6 is 0 Å². The standard InChI is InChI=1S/C25H26N4O2/c1-3-15-28(21-11-13-26-14-12-21)29-18-19(2)23-16-22(9-10-24(23)29)31-25(30)27-17-20-7-5-4-6-8-20/h4-14,16,18H,3,15,17H2,1-2H3,(H,27,30). The van der Waals surface area contributed by atoms with Gasteiger partial charge < -0.3 is 10.1 Å². The highest BCUT2D eigenvalue weighted by atomic mass is 16.6. The van der Waals surface area contributed by atoms with Crippen LogP contribution in [0.5, 0.6) is 5.75 Å². The maximum atomic E-state index is 12.2. The minimum Gasteiger partial charge on any atom is -0.410 e. The average molecular weight is 415 g/mol. The minimum atomic E-state index is -0.468. The van der Waals surface area contributed by atoms with Gasteiger partial charge in [0, 0.05) is 37.1 Å². The second-order valence-electron chi connectivity index (χ2n) is 7.39. The zero-order chi connectivity index (χ0) is 21.6. The Morgan fingerprint density at radius 1 is 1.10 bits per heavy atom. The van der Waals surface area contributed by atoms with Gasteiger partial charge in [0.1, 0.15) is 5.75 Å². The summed E-state index contributed by atoms with van der Waals surface area (Å²) in [6.45, 7) is 5.52. The summed E-state index contributed by atoms with van der Waals surface area (Å²) in [6.07, 6.45) is 6.25. The highest BCUT2D eigenvalue weighted by Gasteiger charge is 2.14. The van der Waals surface area contributed by atoms with E-state index in [4.69, 9.17) is 4.74 Å². The molecule has 0 bridgehead atoms. The molecule has 0 atom stereocenters. The van der Waals surface area contributed by atoms with Crippen molar-refractivity contribution in [2.24, 2.45) is 0 Å². The number of carbonyl (C=O) groups is 1. The van der Waals surface area contributed by atoms with E-state index in [0.717, 1.165) is 40.7 Å². The number of benzene rings is 2. The van der Waals surface area contributed by atoms with Crippen LogP contribution in [-0.4, -0.2) is 22.3 Å². The number of nitrogens with one attached hydrogen (secondary N) is 1. The monoisotopic (exact) mass is 414 g/mol. The summed E-state index contributed by atoms with van der Waals surface area (Å²) < 4.78 is 7.68. The van der Waals surface area contributed by atoms with E-state index in [1.165, 1.54) is 0 Å². The number of hydrogen-bond acceptors (Lipinski definition) is 4. The van der Waals surface area contributed by atoms with Crippen LogP contribution in [0.4, 0.5) is 10.5 Å². The lowest BCUT2D eigenvalue weighted by Gasteiger charge is -2.26. The molecule has 6 nitrogen and oxygen atoms in total. The fourth-order valence-electron chi connectivity index (χ4n) is 3.62. The first kappa shape index (κ1) is 20.5. The quantitative estimate of drug-likeness (QED) is 0.445. The second-order valence-corrected chi connectivity index (χ2v) is 7.39. The van der Waals surface area contributed by atoms with Gasteiger partial charge in [-0.3, -0.25) is 14.7 Å². The smallest absolute Gasteiger partial charge is 0.410 e. The molecule has 0 saturated heterocycles. The molecule has 158 valence electrons. The van der Waals surface area contributed by atoms with Crippen LogP contribution in [0.25, 0.3) is 10.9 Å². The number of aromatic nitrogens is 2. The zero-order valence-corrected chi connectivity index (χ0v) is 17.8. The van der Waals surface area contributed by atoms with Crippen LogP contribution in [0.3, 0.4) is 0 Å². The summed E-state index contributed by atoms with van der Waals surface area (Å²) in [5.74, 6) is 0.518. The summed E-state index contributed by atoms with van der Waals surface area (Å²) in [5, 5.41) is 6.06. The van der Waals surface area contributed by atoms with Crippen molar-refractivity contribution in [1.82, 2.24) is 15.0 Å². The molecule has 2 aromatic carbocycles. The number of nitrogens with zero attached hydrogens (tertiary/aromatic N) is 3. The molecule has 2 heterocycles. The number of anilines is 1. The van der Waals surface area contributed by atoms with Gasteiger partial charge in [0.05, 0.1) is 11.2 Å². The predicted molar refractivity (Wildman–Crippen MR) is 123 cm³/mol. The number of ether oxygens (including phenoxy) is 1. The van der Waals surface area contributed by atoms with Crippen molar-refractivity contribution in [3.63, 3.8) is 0 Å². The molecule has 0 unspecified atom stereocenters. The molecular formula is C25H26N4O2. The van der Waals surface area contributed by atoms with E-state index >= 15 is 0 Å². The van der Waals surface area contributed by atoms with E-state index in [1.807, 2.05) is 60.7 Å². The average Bonchev–Trinajstić information content (AvgIpc) is 3.13. The van der Waals surface area contributed by atoms with E-state index in [0.29, 0.717) is 12.3 Å². The Morgan fingerprint density at radius 2 is 1.87 bits per heavy atom. The van der Waals surface area contributed by atoms with E-state index in [2.05, 4.69) is 40.0 Å². The molecule has 6 heteroatoms. The van der Waals surface area contributed by atoms with Gasteiger partial charge in [0.2, 0.25) is 0 Å². The number of fused-ring (bicyclic) bond motifs is 1. The first-order valence-corrected chi connectivity index (χ1v) is 10.4. The number of rotatable bonds is 7. The Kier molecular flexibility index (Phi) is 6.17. The Balaban J connectivity index is 1.54. The molecule has 0 radical (unpaired) electrons. The molecule has 4 rings (SSSR count). The maximum absolute atomic E-state index is 12.2. The molecule has 0 aliphatic heterocycles. The van der Waals surface area contributed by atoms with Crippen molar-refractivity contribution in [2.45, 2.75) is 26.8 Å². The Labute approximate surface area is 182 Å². The second kappa shape index (κ2) is 9.34. The van der Waals surface area contributed by atoms with Gasteiger partial charge in [-0.25, -0.2) is 4.79 Å². The van der Waals surface area contributed by atoms with Crippen LogP contribution in [0, 0.1) is 6.92 Å². The molecular weight excluding hydrogens is 388 g/mol. The summed E-state index contributed by atoms with van der Waals surface area (Å²) >= 11 is 0. The number of pyridine rings is 1. The lowest BCUT2D eigenvalue weighted by Crippen LogP contribution is -2.29. The number of amides is 1. The molecule has 0 aliphatic carbocycles. The third-order valence-electron chi connectivity index (χ3n) is 5.10. The summed E-state index contributed by atoms with van der Waals surface area (Å²) in [7, 11) is 0. The Hall–Kier alpha value is -3.80. The molecule has 4 aromatic rings. The Morgan fingerprint density at radius 3 is 2.61 bits per heavy atom. The molecule has 31 heavy (non-hydrogen) atoms. The zero-order valence-electron chi connectivity index (χ0n) is 17.8. The van der Waals surface area contributed by atoms with Crippen LogP contribution < -0.4 is 15.1 Å². The summed E-state index contributed by atoms with van der Waals surface area (Å²) in [4.78, 5) is 16.4. The van der Waals surface area contributed by atoms with Crippen molar-refractivity contribution in [3.05, 3.63) is 90.4 Å². The fraction of sp³-hybridized carbons (Fsp3) is 0.200. The number of aryl methyl sites for hydroxylation is 1. The Bertz CT molecular complexity index is 1160. The third kappa shape index (κ3) is 4.69. The van der Waals surface area contributed by atoms with E-state index in [-0.39, 0.29) is 0 Å². The fourth-order valence-corrected chi connectivity index (χ4v) is 3.62. The van der Waals surface area contributed by atoms with E-state index in [9.17, 15) is 4.79 Å². The molecule has 2 aromatic heterocycles. The SMILES string of the molecule is CCCN(c1ccncc1)n1cc(C)c2cc(OC(=O)NCc3ccccc3)ccc21. The number of carbonyl (C=O) groups excluding carboxylic acids is 1. The maximum Gasteiger partial charge on any atom is 0.412 e. The molecule has 0 saturated carbocycles. The molecule has 1 N–H and O–H groups in total. The molecule has 0 aliphatic rings. The van der Waals surface area contributed by atoms with Crippen LogP contribution in [-0.2, 0) is 6.54 Å². The van der Waals surface area contributed by atoms with Crippen LogP contribution in [0.1, 0.15) is 24.5 Å². The molecule has 1 amide bonds. The van der Waals surface area contributed by atoms with Gasteiger partial charge in [-0.15, -0.1) is 0 Å². The number of hydrogen-bond donors (Lipinski definition) is 1. The normalized spacial score (nSPS) is 10.8. The van der Waals surface area contributed by atoms with Crippen LogP contribution in [0.2, 0.25) is 0 Å². The van der Waals surface area contributed by atoms with Gasteiger partial charge in [0.15, 0.2) is 0 Å². The molecule has 0 fully saturated rings. The first-order chi connectivity index (χ1) is 15.2. The van der Waals surface area contributed by atoms with Crippen molar-refractivity contribution in [1.29, 1.82) is 0 Å². The molecule has 0 spiro atoms. The van der Waals surface area contributed by atoms with Crippen LogP contribution in [0.15, 0.2) is 79.3 Å². The van der Waals surface area contributed by atoms with Crippen molar-refractivity contribution >= 4 is 22.7 Å². The van der Waals surface area contributed by atoms with Gasteiger partial charge in [-0.2, -0.15) is 0 Å². The van der Waals surface area contributed by atoms with E-state index < -0.39 is 6.09 Å². The van der Waals surface area contributed by atoms with Gasteiger partial charge in [-0.1, -0.05) is 37.3 Å². The van der Waals surface area contributed by atoms with Crippen molar-refractivity contribution in [3.8, 4) is 5.75 Å². The highest BCUT2D eigenvalue weighted by Crippen LogP contribution is 2.28. The summed E-state index contributed by atoms with van der Waals surface area (Å²) in [5.41, 5.74) is 4.27. The van der Waals surface area contributed by atoms with Gasteiger partial charge in [-0.05, 0) is 54.8 Å². The van der Waals surface area contributed by atoms with E-state index in [1.54, 1.807) is 12.4 Å². The highest BCUT2D eigenvalue weighted by molar-refractivity contribution is 5.86. The van der Waals surface area contributed by atoms with Crippen molar-refractivity contribution in [2.75, 3.05) is 11.6 Å². The summed E-state index contributed by atoms with van der Waals surface area (Å²) in [6, 6.07) is 19.5.